The lowest BCUT2D eigenvalue weighted by Crippen LogP contribution is -2.36. The molecule has 1 aliphatic carbocycles. The summed E-state index contributed by atoms with van der Waals surface area (Å²) in [4.78, 5) is 0. The van der Waals surface area contributed by atoms with E-state index in [2.05, 4.69) is 78.8 Å². The number of allylic oxidation sites excluding steroid dienone is 7. The standard InChI is InChI=1S/C31H46N2O2.C2H6/c1-20(11-16-25(34)27(33)28(2,3)4)30(7,8)21-12-14-22(15-13-21)31(9,10)23-17-24(32)26(35)19-29(5,6)18-23;1-2/h11-19,27,34-35H,32-33H2,1-10H3;1-2H3/b20-11+,25-16+;. The largest absolute Gasteiger partial charge is 0.511 e. The highest BCUT2D eigenvalue weighted by molar-refractivity contribution is 5.48. The first kappa shape index (κ1) is 32.3. The second-order valence-electron chi connectivity index (χ2n) is 12.7. The average molecular weight is 509 g/mol. The molecule has 0 bridgehead atoms. The molecule has 37 heavy (non-hydrogen) atoms. The fourth-order valence-electron chi connectivity index (χ4n) is 4.19. The molecular weight excluding hydrogens is 456 g/mol. The molecule has 0 fully saturated rings. The van der Waals surface area contributed by atoms with Gasteiger partial charge in [0.2, 0.25) is 0 Å². The van der Waals surface area contributed by atoms with E-state index < -0.39 is 6.04 Å². The average Bonchev–Trinajstić information content (AvgIpc) is 2.91. The van der Waals surface area contributed by atoms with Crippen molar-refractivity contribution in [2.45, 2.75) is 100.0 Å². The lowest BCUT2D eigenvalue weighted by molar-refractivity contribution is 0.263. The summed E-state index contributed by atoms with van der Waals surface area (Å²) in [6.07, 6.45) is 9.54. The predicted molar refractivity (Wildman–Crippen MR) is 161 cm³/mol. The molecule has 1 aromatic rings. The minimum atomic E-state index is -0.417. The number of benzene rings is 1. The van der Waals surface area contributed by atoms with Crippen molar-refractivity contribution in [2.24, 2.45) is 22.3 Å². The summed E-state index contributed by atoms with van der Waals surface area (Å²) in [6, 6.07) is 8.26. The van der Waals surface area contributed by atoms with Crippen molar-refractivity contribution < 1.29 is 10.2 Å². The molecular formula is C33H52N2O2. The van der Waals surface area contributed by atoms with Crippen LogP contribution in [0.5, 0.6) is 0 Å². The first-order valence-corrected chi connectivity index (χ1v) is 13.4. The Kier molecular flexibility index (Phi) is 10.3. The van der Waals surface area contributed by atoms with Crippen LogP contribution in [0.3, 0.4) is 0 Å². The molecule has 1 aliphatic rings. The Morgan fingerprint density at radius 2 is 1.38 bits per heavy atom. The van der Waals surface area contributed by atoms with Gasteiger partial charge in [-0.2, -0.15) is 0 Å². The monoisotopic (exact) mass is 508 g/mol. The number of aliphatic hydroxyl groups is 2. The topological polar surface area (TPSA) is 92.5 Å². The van der Waals surface area contributed by atoms with E-state index in [0.717, 1.165) is 11.1 Å². The van der Waals surface area contributed by atoms with Crippen LogP contribution >= 0.6 is 0 Å². The highest BCUT2D eigenvalue weighted by Gasteiger charge is 2.30. The van der Waals surface area contributed by atoms with E-state index in [9.17, 15) is 10.2 Å². The van der Waals surface area contributed by atoms with Crippen LogP contribution in [0.4, 0.5) is 0 Å². The van der Waals surface area contributed by atoms with E-state index >= 15 is 0 Å². The lowest BCUT2D eigenvalue weighted by atomic mass is 9.73. The number of nitrogens with two attached hydrogens (primary N) is 2. The quantitative estimate of drug-likeness (QED) is 0.230. The Morgan fingerprint density at radius 1 is 0.892 bits per heavy atom. The van der Waals surface area contributed by atoms with Gasteiger partial charge in [-0.3, -0.25) is 0 Å². The molecule has 0 heterocycles. The molecule has 0 aromatic heterocycles. The van der Waals surface area contributed by atoms with Gasteiger partial charge >= 0.3 is 0 Å². The summed E-state index contributed by atoms with van der Waals surface area (Å²) >= 11 is 0. The molecule has 0 saturated heterocycles. The summed E-state index contributed by atoms with van der Waals surface area (Å²) in [5.41, 5.74) is 16.2. The van der Waals surface area contributed by atoms with Gasteiger partial charge in [0.15, 0.2) is 0 Å². The van der Waals surface area contributed by atoms with Crippen molar-refractivity contribution in [3.63, 3.8) is 0 Å². The van der Waals surface area contributed by atoms with Gasteiger partial charge in [-0.25, -0.2) is 0 Å². The first-order chi connectivity index (χ1) is 16.8. The molecule has 4 nitrogen and oxygen atoms in total. The van der Waals surface area contributed by atoms with Gasteiger partial charge in [0.1, 0.15) is 11.5 Å². The second kappa shape index (κ2) is 11.8. The second-order valence-corrected chi connectivity index (χ2v) is 12.7. The van der Waals surface area contributed by atoms with Crippen LogP contribution in [0, 0.1) is 10.8 Å². The summed E-state index contributed by atoms with van der Waals surface area (Å²) in [7, 11) is 0. The van der Waals surface area contributed by atoms with E-state index in [1.807, 2.05) is 46.8 Å². The third kappa shape index (κ3) is 7.88. The lowest BCUT2D eigenvalue weighted by Gasteiger charge is -2.31. The number of aliphatic hydroxyl groups excluding tert-OH is 2. The third-order valence-electron chi connectivity index (χ3n) is 7.43. The zero-order chi connectivity index (χ0) is 29.0. The van der Waals surface area contributed by atoms with Crippen LogP contribution in [0.1, 0.15) is 94.2 Å². The highest BCUT2D eigenvalue weighted by Crippen LogP contribution is 2.40. The van der Waals surface area contributed by atoms with Crippen molar-refractivity contribution in [2.75, 3.05) is 0 Å². The maximum Gasteiger partial charge on any atom is 0.135 e. The van der Waals surface area contributed by atoms with Crippen molar-refractivity contribution in [1.29, 1.82) is 0 Å². The Bertz CT molecular complexity index is 1090. The smallest absolute Gasteiger partial charge is 0.135 e. The van der Waals surface area contributed by atoms with Crippen LogP contribution < -0.4 is 11.5 Å². The van der Waals surface area contributed by atoms with Crippen LogP contribution in [-0.2, 0) is 10.8 Å². The molecule has 0 radical (unpaired) electrons. The van der Waals surface area contributed by atoms with Crippen molar-refractivity contribution in [3.05, 3.63) is 94.1 Å². The van der Waals surface area contributed by atoms with Crippen LogP contribution in [-0.4, -0.2) is 16.3 Å². The van der Waals surface area contributed by atoms with Gasteiger partial charge in [-0.1, -0.05) is 118 Å². The molecule has 4 heteroatoms. The molecule has 0 amide bonds. The maximum atomic E-state index is 10.4. The van der Waals surface area contributed by atoms with Gasteiger partial charge < -0.3 is 21.7 Å². The summed E-state index contributed by atoms with van der Waals surface area (Å²) in [5.74, 6) is 0.317. The fourth-order valence-corrected chi connectivity index (χ4v) is 4.19. The molecule has 0 aliphatic heterocycles. The van der Waals surface area contributed by atoms with E-state index in [0.29, 0.717) is 5.70 Å². The Balaban J connectivity index is 0.00000334. The van der Waals surface area contributed by atoms with Crippen molar-refractivity contribution in [3.8, 4) is 0 Å². The zero-order valence-corrected chi connectivity index (χ0v) is 25.3. The number of hydrogen-bond donors (Lipinski definition) is 4. The summed E-state index contributed by atoms with van der Waals surface area (Å²) in [5, 5.41) is 20.7. The van der Waals surface area contributed by atoms with E-state index in [1.165, 1.54) is 11.1 Å². The molecule has 1 unspecified atom stereocenters. The van der Waals surface area contributed by atoms with E-state index in [-0.39, 0.29) is 33.2 Å². The number of rotatable bonds is 6. The van der Waals surface area contributed by atoms with Crippen LogP contribution in [0.2, 0.25) is 0 Å². The first-order valence-electron chi connectivity index (χ1n) is 13.4. The molecule has 0 saturated carbocycles. The molecule has 1 aromatic carbocycles. The minimum Gasteiger partial charge on any atom is -0.511 e. The summed E-state index contributed by atoms with van der Waals surface area (Å²) in [6.45, 7) is 25.0. The third-order valence-corrected chi connectivity index (χ3v) is 7.43. The molecule has 6 N–H and O–H groups in total. The zero-order valence-electron chi connectivity index (χ0n) is 25.3. The molecule has 2 rings (SSSR count). The SMILES string of the molecule is C/C(=C\C=C(\O)C(N)C(C)(C)C)C(C)(C)c1ccc(C(C)(C)C2=CC(C)(C)C=C(O)C(N)=C2)cc1.CC. The predicted octanol–water partition coefficient (Wildman–Crippen LogP) is 8.28. The van der Waals surface area contributed by atoms with Gasteiger partial charge in [0.25, 0.3) is 0 Å². The number of hydrogen-bond acceptors (Lipinski definition) is 4. The highest BCUT2D eigenvalue weighted by atomic mass is 16.3. The van der Waals surface area contributed by atoms with Crippen molar-refractivity contribution in [1.82, 2.24) is 0 Å². The van der Waals surface area contributed by atoms with E-state index in [4.69, 9.17) is 11.5 Å². The molecule has 0 spiro atoms. The summed E-state index contributed by atoms with van der Waals surface area (Å²) < 4.78 is 0. The van der Waals surface area contributed by atoms with Gasteiger partial charge in [-0.15, -0.1) is 0 Å². The van der Waals surface area contributed by atoms with Gasteiger partial charge in [0, 0.05) is 16.2 Å². The maximum absolute atomic E-state index is 10.4. The Labute approximate surface area is 226 Å². The van der Waals surface area contributed by atoms with Gasteiger partial charge in [-0.05, 0) is 47.3 Å². The van der Waals surface area contributed by atoms with Crippen LogP contribution in [0.15, 0.2) is 83.0 Å². The van der Waals surface area contributed by atoms with Crippen molar-refractivity contribution >= 4 is 0 Å². The van der Waals surface area contributed by atoms with Crippen LogP contribution in [0.25, 0.3) is 0 Å². The normalized spacial score (nSPS) is 18.0. The minimum absolute atomic E-state index is 0.125. The Hall–Kier alpha value is -2.72. The fraction of sp³-hybridized carbons (Fsp3) is 0.515. The Morgan fingerprint density at radius 3 is 1.86 bits per heavy atom. The molecule has 206 valence electrons. The molecule has 1 atom stereocenters. The van der Waals surface area contributed by atoms with E-state index in [1.54, 1.807) is 12.2 Å². The van der Waals surface area contributed by atoms with Gasteiger partial charge in [0.05, 0.1) is 11.7 Å².